The van der Waals surface area contributed by atoms with Crippen LogP contribution >= 0.6 is 0 Å². The van der Waals surface area contributed by atoms with Crippen molar-refractivity contribution in [3.8, 4) is 5.75 Å². The summed E-state index contributed by atoms with van der Waals surface area (Å²) in [5, 5.41) is 0. The van der Waals surface area contributed by atoms with Gasteiger partial charge in [0, 0.05) is 25.2 Å². The molecule has 0 bridgehead atoms. The first-order valence-electron chi connectivity index (χ1n) is 8.81. The molecular weight excluding hydrogens is 328 g/mol. The van der Waals surface area contributed by atoms with Crippen LogP contribution in [0.3, 0.4) is 0 Å². The van der Waals surface area contributed by atoms with E-state index in [1.807, 2.05) is 30.3 Å². The third kappa shape index (κ3) is 5.70. The van der Waals surface area contributed by atoms with E-state index in [1.165, 1.54) is 12.5 Å². The summed E-state index contributed by atoms with van der Waals surface area (Å²) in [6.45, 7) is 4.68. The lowest BCUT2D eigenvalue weighted by Gasteiger charge is -2.26. The molecule has 0 aromatic heterocycles. The quantitative estimate of drug-likeness (QED) is 0.703. The van der Waals surface area contributed by atoms with Gasteiger partial charge in [0.25, 0.3) is 5.91 Å². The smallest absolute Gasteiger partial charge is 0.263 e. The van der Waals surface area contributed by atoms with Crippen LogP contribution in [0.4, 0.5) is 0 Å². The van der Waals surface area contributed by atoms with Crippen molar-refractivity contribution >= 4 is 11.7 Å². The van der Waals surface area contributed by atoms with Crippen molar-refractivity contribution in [2.45, 2.75) is 26.4 Å². The average Bonchev–Trinajstić information content (AvgIpc) is 2.65. The molecule has 0 aliphatic rings. The molecule has 2 rings (SSSR count). The van der Waals surface area contributed by atoms with E-state index in [0.29, 0.717) is 30.9 Å². The number of rotatable bonds is 9. The van der Waals surface area contributed by atoms with Gasteiger partial charge >= 0.3 is 0 Å². The second-order valence-corrected chi connectivity index (χ2v) is 6.19. The number of nitrogens with two attached hydrogens (primary N) is 1. The SMILES string of the molecule is CC(=O)c1cccc(OC(C)C(=O)N(CCN)CCc2ccccc2)c1. The van der Waals surface area contributed by atoms with Gasteiger partial charge in [-0.2, -0.15) is 0 Å². The van der Waals surface area contributed by atoms with E-state index in [2.05, 4.69) is 0 Å². The zero-order valence-corrected chi connectivity index (χ0v) is 15.4. The van der Waals surface area contributed by atoms with Gasteiger partial charge in [-0.15, -0.1) is 0 Å². The Morgan fingerprint density at radius 3 is 2.46 bits per heavy atom. The summed E-state index contributed by atoms with van der Waals surface area (Å²) in [7, 11) is 0. The molecule has 1 unspecified atom stereocenters. The average molecular weight is 354 g/mol. The van der Waals surface area contributed by atoms with Crippen LogP contribution in [0.1, 0.15) is 29.8 Å². The molecule has 1 amide bonds. The topological polar surface area (TPSA) is 72.6 Å². The Morgan fingerprint density at radius 2 is 1.81 bits per heavy atom. The first-order chi connectivity index (χ1) is 12.5. The third-order valence-corrected chi connectivity index (χ3v) is 4.13. The predicted octanol–water partition coefficient (Wildman–Crippen LogP) is 2.69. The number of hydrogen-bond donors (Lipinski definition) is 1. The summed E-state index contributed by atoms with van der Waals surface area (Å²) >= 11 is 0. The highest BCUT2D eigenvalue weighted by molar-refractivity contribution is 5.94. The molecule has 5 heteroatoms. The fourth-order valence-corrected chi connectivity index (χ4v) is 2.70. The van der Waals surface area contributed by atoms with Crippen LogP contribution in [-0.4, -0.2) is 42.3 Å². The largest absolute Gasteiger partial charge is 0.481 e. The second kappa shape index (κ2) is 9.73. The maximum absolute atomic E-state index is 12.8. The number of hydrogen-bond acceptors (Lipinski definition) is 4. The van der Waals surface area contributed by atoms with Crippen LogP contribution in [0, 0.1) is 0 Å². The molecule has 0 aliphatic heterocycles. The van der Waals surface area contributed by atoms with Crippen molar-refractivity contribution in [2.24, 2.45) is 5.73 Å². The molecule has 0 spiro atoms. The second-order valence-electron chi connectivity index (χ2n) is 6.19. The fourth-order valence-electron chi connectivity index (χ4n) is 2.70. The van der Waals surface area contributed by atoms with Crippen LogP contribution in [0.25, 0.3) is 0 Å². The van der Waals surface area contributed by atoms with Crippen molar-refractivity contribution in [2.75, 3.05) is 19.6 Å². The lowest BCUT2D eigenvalue weighted by Crippen LogP contribution is -2.43. The summed E-state index contributed by atoms with van der Waals surface area (Å²) in [5.74, 6) is 0.357. The van der Waals surface area contributed by atoms with Crippen LogP contribution in [0.2, 0.25) is 0 Å². The van der Waals surface area contributed by atoms with E-state index in [-0.39, 0.29) is 11.7 Å². The number of carbonyl (C=O) groups is 2. The number of amides is 1. The fraction of sp³-hybridized carbons (Fsp3) is 0.333. The van der Waals surface area contributed by atoms with E-state index >= 15 is 0 Å². The van der Waals surface area contributed by atoms with Crippen molar-refractivity contribution in [3.63, 3.8) is 0 Å². The normalized spacial score (nSPS) is 11.7. The maximum Gasteiger partial charge on any atom is 0.263 e. The highest BCUT2D eigenvalue weighted by atomic mass is 16.5. The molecule has 138 valence electrons. The molecule has 26 heavy (non-hydrogen) atoms. The van der Waals surface area contributed by atoms with E-state index < -0.39 is 6.10 Å². The zero-order chi connectivity index (χ0) is 18.9. The van der Waals surface area contributed by atoms with E-state index in [4.69, 9.17) is 10.5 Å². The third-order valence-electron chi connectivity index (χ3n) is 4.13. The number of Topliss-reactive ketones (excluding diaryl/α,β-unsaturated/α-hetero) is 1. The van der Waals surface area contributed by atoms with Gasteiger partial charge in [0.1, 0.15) is 5.75 Å². The summed E-state index contributed by atoms with van der Waals surface area (Å²) in [6.07, 6.45) is 0.110. The molecule has 2 N–H and O–H groups in total. The Hall–Kier alpha value is -2.66. The number of ketones is 1. The highest BCUT2D eigenvalue weighted by Crippen LogP contribution is 2.16. The molecule has 0 fully saturated rings. The molecule has 0 heterocycles. The lowest BCUT2D eigenvalue weighted by atomic mass is 10.1. The summed E-state index contributed by atoms with van der Waals surface area (Å²) < 4.78 is 5.76. The number of ether oxygens (including phenoxy) is 1. The first-order valence-corrected chi connectivity index (χ1v) is 8.81. The van der Waals surface area contributed by atoms with Crippen molar-refractivity contribution in [1.29, 1.82) is 0 Å². The molecule has 1 atom stereocenters. The minimum Gasteiger partial charge on any atom is -0.481 e. The van der Waals surface area contributed by atoms with Gasteiger partial charge in [-0.3, -0.25) is 9.59 Å². The molecular formula is C21H26N2O3. The molecule has 0 aliphatic carbocycles. The van der Waals surface area contributed by atoms with Gasteiger partial charge in [-0.05, 0) is 38.0 Å². The van der Waals surface area contributed by atoms with Crippen LogP contribution in [0.15, 0.2) is 54.6 Å². The Bertz CT molecular complexity index is 731. The molecule has 0 radical (unpaired) electrons. The van der Waals surface area contributed by atoms with E-state index in [1.54, 1.807) is 36.1 Å². The van der Waals surface area contributed by atoms with Gasteiger partial charge in [0.2, 0.25) is 0 Å². The summed E-state index contributed by atoms with van der Waals surface area (Å²) in [4.78, 5) is 26.0. The minimum absolute atomic E-state index is 0.0398. The van der Waals surface area contributed by atoms with E-state index in [0.717, 1.165) is 6.42 Å². The molecule has 0 saturated carbocycles. The molecule has 0 saturated heterocycles. The van der Waals surface area contributed by atoms with Crippen LogP contribution in [0.5, 0.6) is 5.75 Å². The van der Waals surface area contributed by atoms with E-state index in [9.17, 15) is 9.59 Å². The van der Waals surface area contributed by atoms with Gasteiger partial charge < -0.3 is 15.4 Å². The number of benzene rings is 2. The van der Waals surface area contributed by atoms with Crippen molar-refractivity contribution < 1.29 is 14.3 Å². The maximum atomic E-state index is 12.8. The standard InChI is InChI=1S/C21H26N2O3/c1-16(24)19-9-6-10-20(15-19)26-17(2)21(25)23(14-12-22)13-11-18-7-4-3-5-8-18/h3-10,15,17H,11-14,22H2,1-2H3. The Balaban J connectivity index is 2.00. The Kier molecular flexibility index (Phi) is 7.36. The summed E-state index contributed by atoms with van der Waals surface area (Å²) in [5.41, 5.74) is 7.40. The first kappa shape index (κ1) is 19.7. The number of nitrogens with zero attached hydrogens (tertiary/aromatic N) is 1. The molecule has 5 nitrogen and oxygen atoms in total. The van der Waals surface area contributed by atoms with Gasteiger partial charge in [-0.25, -0.2) is 0 Å². The van der Waals surface area contributed by atoms with Crippen LogP contribution < -0.4 is 10.5 Å². The van der Waals surface area contributed by atoms with Crippen LogP contribution in [-0.2, 0) is 11.2 Å². The zero-order valence-electron chi connectivity index (χ0n) is 15.4. The Morgan fingerprint density at radius 1 is 1.08 bits per heavy atom. The van der Waals surface area contributed by atoms with Gasteiger partial charge in [0.15, 0.2) is 11.9 Å². The van der Waals surface area contributed by atoms with Gasteiger partial charge in [0.05, 0.1) is 0 Å². The van der Waals surface area contributed by atoms with Crippen molar-refractivity contribution in [3.05, 3.63) is 65.7 Å². The highest BCUT2D eigenvalue weighted by Gasteiger charge is 2.21. The monoisotopic (exact) mass is 354 g/mol. The molecule has 2 aromatic rings. The predicted molar refractivity (Wildman–Crippen MR) is 102 cm³/mol. The summed E-state index contributed by atoms with van der Waals surface area (Å²) in [6, 6.07) is 16.9. The Labute approximate surface area is 154 Å². The number of carbonyl (C=O) groups excluding carboxylic acids is 2. The lowest BCUT2D eigenvalue weighted by molar-refractivity contribution is -0.137. The van der Waals surface area contributed by atoms with Crippen molar-refractivity contribution in [1.82, 2.24) is 4.90 Å². The van der Waals surface area contributed by atoms with Gasteiger partial charge in [-0.1, -0.05) is 42.5 Å². The minimum atomic E-state index is -0.653. The molecule has 2 aromatic carbocycles.